The summed E-state index contributed by atoms with van der Waals surface area (Å²) in [5.74, 6) is -0.415. The van der Waals surface area contributed by atoms with Crippen molar-refractivity contribution in [1.29, 1.82) is 0 Å². The van der Waals surface area contributed by atoms with Crippen molar-refractivity contribution < 1.29 is 23.9 Å². The maximum absolute atomic E-state index is 12.1. The highest BCUT2D eigenvalue weighted by atomic mass is 28.4. The minimum absolute atomic E-state index is 0.0154. The molecule has 0 saturated carbocycles. The van der Waals surface area contributed by atoms with Gasteiger partial charge >= 0.3 is 0 Å². The summed E-state index contributed by atoms with van der Waals surface area (Å²) >= 11 is 0. The summed E-state index contributed by atoms with van der Waals surface area (Å²) in [6.45, 7) is 13.9. The first kappa shape index (κ1) is 20.1. The highest BCUT2D eigenvalue weighted by Gasteiger charge is 2.48. The third-order valence-electron chi connectivity index (χ3n) is 5.30. The lowest BCUT2D eigenvalue weighted by Crippen LogP contribution is -2.53. The van der Waals surface area contributed by atoms with E-state index in [9.17, 15) is 14.7 Å². The average Bonchev–Trinajstić information content (AvgIpc) is 2.84. The predicted molar refractivity (Wildman–Crippen MR) is 95.8 cm³/mol. The molecule has 0 spiro atoms. The first-order chi connectivity index (χ1) is 11.3. The summed E-state index contributed by atoms with van der Waals surface area (Å²) in [5.41, 5.74) is 0.474. The first-order valence-electron chi connectivity index (χ1n) is 8.62. The van der Waals surface area contributed by atoms with Gasteiger partial charge in [0.1, 0.15) is 12.3 Å². The zero-order valence-corrected chi connectivity index (χ0v) is 17.1. The average molecular weight is 371 g/mol. The van der Waals surface area contributed by atoms with E-state index in [1.54, 1.807) is 13.1 Å². The first-order valence-corrected chi connectivity index (χ1v) is 11.5. The Hall–Kier alpha value is -1.22. The number of rotatable bonds is 4. The van der Waals surface area contributed by atoms with Gasteiger partial charge in [-0.2, -0.15) is 0 Å². The van der Waals surface area contributed by atoms with Crippen molar-refractivity contribution in [3.63, 3.8) is 0 Å². The van der Waals surface area contributed by atoms with Gasteiger partial charge in [0.25, 0.3) is 5.91 Å². The molecule has 142 valence electrons. The van der Waals surface area contributed by atoms with Gasteiger partial charge in [0.15, 0.2) is 14.1 Å². The molecule has 2 N–H and O–H groups in total. The monoisotopic (exact) mass is 370 g/mol. The van der Waals surface area contributed by atoms with Crippen LogP contribution in [0.2, 0.25) is 18.1 Å². The van der Waals surface area contributed by atoms with Crippen LogP contribution in [0.15, 0.2) is 11.8 Å². The number of amides is 1. The van der Waals surface area contributed by atoms with E-state index in [4.69, 9.17) is 9.16 Å². The molecule has 2 rings (SSSR count). The van der Waals surface area contributed by atoms with E-state index in [2.05, 4.69) is 39.2 Å². The van der Waals surface area contributed by atoms with E-state index in [1.807, 2.05) is 0 Å². The van der Waals surface area contributed by atoms with Gasteiger partial charge in [0, 0.05) is 18.2 Å². The molecule has 25 heavy (non-hydrogen) atoms. The Labute approximate surface area is 150 Å². The molecule has 2 aliphatic heterocycles. The number of hydrogen-bond donors (Lipinski definition) is 2. The van der Waals surface area contributed by atoms with E-state index in [0.29, 0.717) is 12.0 Å². The van der Waals surface area contributed by atoms with E-state index >= 15 is 0 Å². The van der Waals surface area contributed by atoms with Crippen molar-refractivity contribution in [2.45, 2.75) is 84.0 Å². The lowest BCUT2D eigenvalue weighted by atomic mass is 10.1. The van der Waals surface area contributed by atoms with E-state index in [-0.39, 0.29) is 22.8 Å². The van der Waals surface area contributed by atoms with Gasteiger partial charge in [-0.3, -0.25) is 9.59 Å². The van der Waals surface area contributed by atoms with Crippen LogP contribution in [0.3, 0.4) is 0 Å². The topological polar surface area (TPSA) is 88.1 Å². The quantitative estimate of drug-likeness (QED) is 0.732. The van der Waals surface area contributed by atoms with E-state index in [1.165, 1.54) is 11.8 Å². The molecule has 4 atom stereocenters. The van der Waals surface area contributed by atoms with E-state index in [0.717, 1.165) is 0 Å². The molecule has 7 nitrogen and oxygen atoms in total. The van der Waals surface area contributed by atoms with Crippen molar-refractivity contribution in [2.24, 2.45) is 0 Å². The fourth-order valence-electron chi connectivity index (χ4n) is 2.75. The predicted octanol–water partition coefficient (Wildman–Crippen LogP) is 1.69. The highest BCUT2D eigenvalue weighted by Crippen LogP contribution is 2.40. The molecule has 2 unspecified atom stereocenters. The summed E-state index contributed by atoms with van der Waals surface area (Å²) in [4.78, 5) is 25.2. The number of nitrogens with zero attached hydrogens (tertiary/aromatic N) is 1. The largest absolute Gasteiger partial charge is 0.411 e. The molecule has 1 amide bonds. The highest BCUT2D eigenvalue weighted by molar-refractivity contribution is 6.74. The molecule has 2 heterocycles. The SMILES string of the molecule is CC(=O)[C@H]1O[C@@H](N2C=C(C)C(=O)NC2O)CC1O[Si](C)(C)C(C)(C)C. The molecule has 0 aliphatic carbocycles. The van der Waals surface area contributed by atoms with Crippen LogP contribution in [0.4, 0.5) is 0 Å². The van der Waals surface area contributed by atoms with Crippen molar-refractivity contribution in [1.82, 2.24) is 10.2 Å². The number of ether oxygens (including phenoxy) is 1. The molecular formula is C17H30N2O5Si. The molecule has 0 radical (unpaired) electrons. The van der Waals surface area contributed by atoms with Crippen LogP contribution in [-0.4, -0.2) is 54.8 Å². The van der Waals surface area contributed by atoms with E-state index < -0.39 is 27.0 Å². The second-order valence-electron chi connectivity index (χ2n) is 8.38. The van der Waals surface area contributed by atoms with Gasteiger partial charge in [0.05, 0.1) is 6.10 Å². The van der Waals surface area contributed by atoms with Crippen molar-refractivity contribution in [3.8, 4) is 0 Å². The van der Waals surface area contributed by atoms with Gasteiger partial charge in [-0.25, -0.2) is 0 Å². The zero-order valence-electron chi connectivity index (χ0n) is 16.1. The van der Waals surface area contributed by atoms with Gasteiger partial charge in [-0.05, 0) is 32.0 Å². The Morgan fingerprint density at radius 1 is 1.44 bits per heavy atom. The van der Waals surface area contributed by atoms with Gasteiger partial charge < -0.3 is 24.5 Å². The maximum atomic E-state index is 12.1. The summed E-state index contributed by atoms with van der Waals surface area (Å²) in [6, 6.07) is 0. The molecule has 0 aromatic heterocycles. The van der Waals surface area contributed by atoms with Crippen LogP contribution in [0, 0.1) is 0 Å². The fraction of sp³-hybridized carbons (Fsp3) is 0.765. The Balaban J connectivity index is 2.20. The third kappa shape index (κ3) is 4.13. The van der Waals surface area contributed by atoms with Crippen LogP contribution >= 0.6 is 0 Å². The second-order valence-corrected chi connectivity index (χ2v) is 13.1. The number of ketones is 1. The maximum Gasteiger partial charge on any atom is 0.251 e. The molecule has 2 aliphatic rings. The van der Waals surface area contributed by atoms with Crippen molar-refractivity contribution >= 4 is 20.0 Å². The number of Topliss-reactive ketones (excluding diaryl/α,β-unsaturated/α-hetero) is 1. The number of aliphatic hydroxyl groups is 1. The lowest BCUT2D eigenvalue weighted by Gasteiger charge is -2.39. The van der Waals surface area contributed by atoms with Crippen LogP contribution in [0.5, 0.6) is 0 Å². The summed E-state index contributed by atoms with van der Waals surface area (Å²) in [6.07, 6.45) is -0.720. The number of aliphatic hydroxyl groups excluding tert-OH is 1. The Bertz CT molecular complexity index is 584. The molecule has 8 heteroatoms. The summed E-state index contributed by atoms with van der Waals surface area (Å²) < 4.78 is 12.3. The Kier molecular flexibility index (Phi) is 5.49. The van der Waals surface area contributed by atoms with Gasteiger partial charge in [-0.15, -0.1) is 0 Å². The third-order valence-corrected chi connectivity index (χ3v) is 9.81. The molecule has 0 aromatic rings. The van der Waals surface area contributed by atoms with Crippen LogP contribution in [0.25, 0.3) is 0 Å². The van der Waals surface area contributed by atoms with Gasteiger partial charge in [0.2, 0.25) is 6.35 Å². The number of carbonyl (C=O) groups excluding carboxylic acids is 2. The molecule has 1 saturated heterocycles. The Morgan fingerprint density at radius 3 is 2.56 bits per heavy atom. The molecule has 1 fully saturated rings. The fourth-order valence-corrected chi connectivity index (χ4v) is 4.08. The van der Waals surface area contributed by atoms with Crippen molar-refractivity contribution in [3.05, 3.63) is 11.8 Å². The second kappa shape index (κ2) is 6.83. The standard InChI is InChI=1S/C17H30N2O5Si/c1-10-9-19(16(22)18-15(10)21)13-8-12(14(23-13)11(2)20)24-25(6,7)17(3,4)5/h9,12-14,16,22H,8H2,1-7H3,(H,18,21)/t12?,13-,14-,16?/m1/s1. The lowest BCUT2D eigenvalue weighted by molar-refractivity contribution is -0.150. The molecular weight excluding hydrogens is 340 g/mol. The summed E-state index contributed by atoms with van der Waals surface area (Å²) in [5, 5.41) is 12.6. The molecule has 0 bridgehead atoms. The van der Waals surface area contributed by atoms with Crippen molar-refractivity contribution in [2.75, 3.05) is 0 Å². The number of carbonyl (C=O) groups is 2. The normalized spacial score (nSPS) is 31.0. The smallest absolute Gasteiger partial charge is 0.251 e. The zero-order chi connectivity index (χ0) is 19.2. The molecule has 0 aromatic carbocycles. The van der Waals surface area contributed by atoms with Crippen LogP contribution < -0.4 is 5.32 Å². The Morgan fingerprint density at radius 2 is 2.04 bits per heavy atom. The number of hydrogen-bond acceptors (Lipinski definition) is 6. The minimum atomic E-state index is -2.08. The van der Waals surface area contributed by atoms with Crippen LogP contribution in [-0.2, 0) is 18.8 Å². The summed E-state index contributed by atoms with van der Waals surface area (Å²) in [7, 11) is -2.08. The minimum Gasteiger partial charge on any atom is -0.411 e. The number of nitrogens with one attached hydrogen (secondary N) is 1. The van der Waals surface area contributed by atoms with Gasteiger partial charge in [-0.1, -0.05) is 20.8 Å². The van der Waals surface area contributed by atoms with Crippen LogP contribution in [0.1, 0.15) is 41.0 Å².